The van der Waals surface area contributed by atoms with E-state index in [1.165, 1.54) is 0 Å². The Hall–Kier alpha value is -1.57. The Morgan fingerprint density at radius 2 is 2.08 bits per heavy atom. The van der Waals surface area contributed by atoms with Gasteiger partial charge in [0.2, 0.25) is 0 Å². The van der Waals surface area contributed by atoms with Gasteiger partial charge in [0.05, 0.1) is 0 Å². The van der Waals surface area contributed by atoms with Crippen molar-refractivity contribution >= 4 is 6.79 Å². The first-order chi connectivity index (χ1) is 6.25. The number of aryl methyl sites for hydroxylation is 1. The van der Waals surface area contributed by atoms with Gasteiger partial charge in [-0.15, -0.1) is 6.58 Å². The standard InChI is InChI=1S/C10H12O.CH2O/c1-3-5-9-8(2)6-4-7-10(9)11;1-2/h3-4,6-7,11H,1,5H2,2H3;1H2. The number of phenols is 1. The van der Waals surface area contributed by atoms with Gasteiger partial charge in [-0.25, -0.2) is 0 Å². The van der Waals surface area contributed by atoms with Gasteiger partial charge in [-0.05, 0) is 25.0 Å². The Labute approximate surface area is 78.5 Å². The molecule has 2 nitrogen and oxygen atoms in total. The maximum absolute atomic E-state index is 9.37. The summed E-state index contributed by atoms with van der Waals surface area (Å²) in [4.78, 5) is 8.00. The second-order valence-electron chi connectivity index (χ2n) is 2.57. The first-order valence-corrected chi connectivity index (χ1v) is 3.93. The van der Waals surface area contributed by atoms with Gasteiger partial charge in [-0.3, -0.25) is 0 Å². The van der Waals surface area contributed by atoms with Crippen LogP contribution in [0.1, 0.15) is 11.1 Å². The van der Waals surface area contributed by atoms with Gasteiger partial charge in [-0.2, -0.15) is 0 Å². The topological polar surface area (TPSA) is 37.3 Å². The number of aromatic hydroxyl groups is 1. The third kappa shape index (κ3) is 3.11. The van der Waals surface area contributed by atoms with Crippen LogP contribution in [-0.4, -0.2) is 11.9 Å². The summed E-state index contributed by atoms with van der Waals surface area (Å²) >= 11 is 0. The minimum absolute atomic E-state index is 0.366. The van der Waals surface area contributed by atoms with Gasteiger partial charge >= 0.3 is 0 Å². The highest BCUT2D eigenvalue weighted by Gasteiger charge is 2.00. The predicted octanol–water partition coefficient (Wildman–Crippen LogP) is 2.24. The molecule has 0 saturated heterocycles. The summed E-state index contributed by atoms with van der Waals surface area (Å²) in [6, 6.07) is 5.53. The van der Waals surface area contributed by atoms with Crippen LogP contribution in [0.3, 0.4) is 0 Å². The molecule has 0 aliphatic rings. The molecule has 1 aromatic rings. The molecule has 0 aliphatic heterocycles. The first kappa shape index (κ1) is 11.4. The number of hydrogen-bond donors (Lipinski definition) is 1. The van der Waals surface area contributed by atoms with E-state index in [1.807, 2.05) is 25.8 Å². The molecular formula is C11H14O2. The second kappa shape index (κ2) is 6.00. The average molecular weight is 178 g/mol. The molecule has 0 heterocycles. The SMILES string of the molecule is C=CCc1c(C)cccc1O.C=O. The molecule has 13 heavy (non-hydrogen) atoms. The minimum Gasteiger partial charge on any atom is -0.508 e. The van der Waals surface area contributed by atoms with E-state index in [0.29, 0.717) is 5.75 Å². The Kier molecular flexibility index (Phi) is 5.28. The number of allylic oxidation sites excluding steroid dienone is 1. The van der Waals surface area contributed by atoms with Crippen LogP contribution in [0, 0.1) is 6.92 Å². The van der Waals surface area contributed by atoms with Gasteiger partial charge in [0.1, 0.15) is 12.5 Å². The van der Waals surface area contributed by atoms with Crippen LogP contribution >= 0.6 is 0 Å². The predicted molar refractivity (Wildman–Crippen MR) is 53.9 cm³/mol. The number of rotatable bonds is 2. The molecule has 1 rings (SSSR count). The van der Waals surface area contributed by atoms with E-state index in [-0.39, 0.29) is 0 Å². The summed E-state index contributed by atoms with van der Waals surface area (Å²) in [6.45, 7) is 7.61. The number of phenolic OH excluding ortho intramolecular Hbond substituents is 1. The van der Waals surface area contributed by atoms with Crippen molar-refractivity contribution in [3.05, 3.63) is 42.0 Å². The highest BCUT2D eigenvalue weighted by molar-refractivity contribution is 5.39. The quantitative estimate of drug-likeness (QED) is 0.705. The van der Waals surface area contributed by atoms with Crippen LogP contribution in [0.5, 0.6) is 5.75 Å². The van der Waals surface area contributed by atoms with Crippen molar-refractivity contribution in [2.45, 2.75) is 13.3 Å². The number of carbonyl (C=O) groups is 1. The summed E-state index contributed by atoms with van der Waals surface area (Å²) in [5, 5.41) is 9.37. The average Bonchev–Trinajstić information content (AvgIpc) is 2.15. The summed E-state index contributed by atoms with van der Waals surface area (Å²) < 4.78 is 0. The molecule has 0 fully saturated rings. The lowest BCUT2D eigenvalue weighted by Gasteiger charge is -2.04. The van der Waals surface area contributed by atoms with E-state index >= 15 is 0 Å². The minimum atomic E-state index is 0.366. The third-order valence-corrected chi connectivity index (χ3v) is 1.73. The van der Waals surface area contributed by atoms with Crippen LogP contribution in [0.4, 0.5) is 0 Å². The second-order valence-corrected chi connectivity index (χ2v) is 2.57. The molecule has 0 radical (unpaired) electrons. The normalized spacial score (nSPS) is 8.38. The molecule has 0 amide bonds. The van der Waals surface area contributed by atoms with Crippen molar-refractivity contribution in [1.82, 2.24) is 0 Å². The molecule has 0 aromatic heterocycles. The van der Waals surface area contributed by atoms with E-state index < -0.39 is 0 Å². The maximum Gasteiger partial charge on any atom is 0.119 e. The van der Waals surface area contributed by atoms with Crippen LogP contribution < -0.4 is 0 Å². The highest BCUT2D eigenvalue weighted by Crippen LogP contribution is 2.20. The van der Waals surface area contributed by atoms with Gasteiger partial charge in [0, 0.05) is 5.56 Å². The molecule has 0 saturated carbocycles. The van der Waals surface area contributed by atoms with Crippen molar-refractivity contribution < 1.29 is 9.90 Å². The van der Waals surface area contributed by atoms with E-state index in [1.54, 1.807) is 12.1 Å². The lowest BCUT2D eigenvalue weighted by atomic mass is 10.1. The maximum atomic E-state index is 9.37. The van der Waals surface area contributed by atoms with Crippen molar-refractivity contribution in [2.24, 2.45) is 0 Å². The van der Waals surface area contributed by atoms with Crippen LogP contribution in [0.15, 0.2) is 30.9 Å². The van der Waals surface area contributed by atoms with E-state index in [2.05, 4.69) is 6.58 Å². The lowest BCUT2D eigenvalue weighted by molar-refractivity contribution is -0.0979. The fourth-order valence-electron chi connectivity index (χ4n) is 1.10. The molecule has 2 heteroatoms. The largest absolute Gasteiger partial charge is 0.508 e. The number of benzene rings is 1. The summed E-state index contributed by atoms with van der Waals surface area (Å²) in [5.74, 6) is 0.366. The Bertz CT molecular complexity index is 259. The molecule has 0 unspecified atom stereocenters. The summed E-state index contributed by atoms with van der Waals surface area (Å²) in [6.07, 6.45) is 2.53. The van der Waals surface area contributed by atoms with E-state index in [4.69, 9.17) is 4.79 Å². The molecule has 0 bridgehead atoms. The molecule has 0 atom stereocenters. The van der Waals surface area contributed by atoms with Crippen LogP contribution in [-0.2, 0) is 11.2 Å². The van der Waals surface area contributed by atoms with E-state index in [9.17, 15) is 5.11 Å². The van der Waals surface area contributed by atoms with Crippen molar-refractivity contribution in [2.75, 3.05) is 0 Å². The molecule has 1 aromatic carbocycles. The zero-order chi connectivity index (χ0) is 10.3. The molecule has 0 aliphatic carbocycles. The van der Waals surface area contributed by atoms with Crippen molar-refractivity contribution in [1.29, 1.82) is 0 Å². The molecule has 70 valence electrons. The molecule has 1 N–H and O–H groups in total. The van der Waals surface area contributed by atoms with Crippen LogP contribution in [0.25, 0.3) is 0 Å². The first-order valence-electron chi connectivity index (χ1n) is 3.93. The van der Waals surface area contributed by atoms with Crippen LogP contribution in [0.2, 0.25) is 0 Å². The fraction of sp³-hybridized carbons (Fsp3) is 0.182. The number of hydrogen-bond acceptors (Lipinski definition) is 2. The highest BCUT2D eigenvalue weighted by atomic mass is 16.3. The smallest absolute Gasteiger partial charge is 0.119 e. The zero-order valence-electron chi connectivity index (χ0n) is 7.79. The van der Waals surface area contributed by atoms with Crippen molar-refractivity contribution in [3.8, 4) is 5.75 Å². The third-order valence-electron chi connectivity index (χ3n) is 1.73. The van der Waals surface area contributed by atoms with Gasteiger partial charge in [-0.1, -0.05) is 18.2 Å². The van der Waals surface area contributed by atoms with Gasteiger partial charge in [0.25, 0.3) is 0 Å². The lowest BCUT2D eigenvalue weighted by Crippen LogP contribution is -1.86. The Balaban J connectivity index is 0.000000671. The Morgan fingerprint density at radius 3 is 2.54 bits per heavy atom. The molecular weight excluding hydrogens is 164 g/mol. The van der Waals surface area contributed by atoms with E-state index in [0.717, 1.165) is 17.5 Å². The summed E-state index contributed by atoms with van der Waals surface area (Å²) in [5.41, 5.74) is 2.09. The van der Waals surface area contributed by atoms with Crippen molar-refractivity contribution in [3.63, 3.8) is 0 Å². The summed E-state index contributed by atoms with van der Waals surface area (Å²) in [7, 11) is 0. The molecule has 0 spiro atoms. The van der Waals surface area contributed by atoms with Gasteiger partial charge < -0.3 is 9.90 Å². The monoisotopic (exact) mass is 178 g/mol. The Morgan fingerprint density at radius 1 is 1.46 bits per heavy atom. The zero-order valence-corrected chi connectivity index (χ0v) is 7.79. The fourth-order valence-corrected chi connectivity index (χ4v) is 1.10. The number of carbonyl (C=O) groups excluding carboxylic acids is 1. The van der Waals surface area contributed by atoms with Gasteiger partial charge in [0.15, 0.2) is 0 Å².